The summed E-state index contributed by atoms with van der Waals surface area (Å²) in [4.78, 5) is 21.6. The zero-order valence-electron chi connectivity index (χ0n) is 25.5. The predicted octanol–water partition coefficient (Wildman–Crippen LogP) is 7.35. The summed E-state index contributed by atoms with van der Waals surface area (Å²) in [6.07, 6.45) is 3.69. The number of aromatic nitrogens is 4. The van der Waals surface area contributed by atoms with Crippen molar-refractivity contribution in [2.24, 2.45) is 5.41 Å². The van der Waals surface area contributed by atoms with E-state index in [4.69, 9.17) is 19.4 Å². The molecule has 1 aliphatic heterocycles. The van der Waals surface area contributed by atoms with Gasteiger partial charge >= 0.3 is 6.18 Å². The normalized spacial score (nSPS) is 16.6. The van der Waals surface area contributed by atoms with Gasteiger partial charge in [-0.2, -0.15) is 13.2 Å². The first-order chi connectivity index (χ1) is 21.2. The number of hydrogen-bond donors (Lipinski definition) is 1. The molecule has 0 atom stereocenters. The molecule has 4 heterocycles. The zero-order valence-corrected chi connectivity index (χ0v) is 25.5. The van der Waals surface area contributed by atoms with E-state index >= 15 is 0 Å². The molecule has 0 bridgehead atoms. The molecule has 0 radical (unpaired) electrons. The molecule has 3 aromatic heterocycles. The average molecular weight is 609 g/mol. The highest BCUT2D eigenvalue weighted by Gasteiger charge is 2.39. The number of H-pyrrole nitrogens is 1. The minimum absolute atomic E-state index is 0.0243. The molecule has 44 heavy (non-hydrogen) atoms. The van der Waals surface area contributed by atoms with Crippen LogP contribution in [-0.4, -0.2) is 66.9 Å². The third-order valence-electron chi connectivity index (χ3n) is 8.88. The van der Waals surface area contributed by atoms with Gasteiger partial charge < -0.3 is 24.3 Å². The van der Waals surface area contributed by atoms with Crippen LogP contribution in [0.15, 0.2) is 42.6 Å². The maximum atomic E-state index is 14.0. The minimum Gasteiger partial charge on any atom is -0.478 e. The molecule has 2 aliphatic rings. The van der Waals surface area contributed by atoms with Crippen LogP contribution in [0, 0.1) is 5.41 Å². The number of methoxy groups -OCH3 is 1. The molecular formula is C33H39F3N6O2. The van der Waals surface area contributed by atoms with E-state index in [1.807, 2.05) is 13.1 Å². The highest BCUT2D eigenvalue weighted by Crippen LogP contribution is 2.44. The number of piperidine rings is 1. The predicted molar refractivity (Wildman–Crippen MR) is 166 cm³/mol. The minimum atomic E-state index is -4.63. The summed E-state index contributed by atoms with van der Waals surface area (Å²) < 4.78 is 52.7. The van der Waals surface area contributed by atoms with E-state index in [0.717, 1.165) is 61.7 Å². The van der Waals surface area contributed by atoms with Gasteiger partial charge in [0.15, 0.2) is 5.65 Å². The number of ether oxygens (including phenoxy) is 2. The summed E-state index contributed by atoms with van der Waals surface area (Å²) >= 11 is 0. The lowest BCUT2D eigenvalue weighted by Crippen LogP contribution is -2.44. The fourth-order valence-electron chi connectivity index (χ4n) is 6.51. The monoisotopic (exact) mass is 608 g/mol. The van der Waals surface area contributed by atoms with Crippen LogP contribution in [0.25, 0.3) is 33.8 Å². The Bertz CT molecular complexity index is 1590. The molecule has 1 aromatic carbocycles. The topological polar surface area (TPSA) is 79.4 Å². The fourth-order valence-corrected chi connectivity index (χ4v) is 6.51. The van der Waals surface area contributed by atoms with Gasteiger partial charge in [0.2, 0.25) is 5.88 Å². The summed E-state index contributed by atoms with van der Waals surface area (Å²) in [5.74, 6) is 0.212. The van der Waals surface area contributed by atoms with E-state index < -0.39 is 17.6 Å². The van der Waals surface area contributed by atoms with E-state index in [0.29, 0.717) is 23.8 Å². The number of pyridine rings is 2. The molecule has 1 saturated carbocycles. The number of nitrogens with zero attached hydrogens (tertiary/aromatic N) is 5. The molecule has 6 rings (SSSR count). The molecule has 0 spiro atoms. The molecule has 8 nitrogen and oxygen atoms in total. The Hall–Kier alpha value is -3.86. The van der Waals surface area contributed by atoms with Crippen LogP contribution in [0.2, 0.25) is 0 Å². The van der Waals surface area contributed by atoms with E-state index in [-0.39, 0.29) is 17.6 Å². The van der Waals surface area contributed by atoms with E-state index in [1.54, 1.807) is 14.0 Å². The summed E-state index contributed by atoms with van der Waals surface area (Å²) in [7, 11) is 3.72. The first kappa shape index (κ1) is 30.2. The van der Waals surface area contributed by atoms with Gasteiger partial charge in [-0.05, 0) is 75.4 Å². The van der Waals surface area contributed by atoms with Crippen molar-refractivity contribution in [1.29, 1.82) is 0 Å². The Morgan fingerprint density at radius 1 is 1.00 bits per heavy atom. The van der Waals surface area contributed by atoms with Crippen LogP contribution in [0.4, 0.5) is 24.5 Å². The third kappa shape index (κ3) is 6.06. The van der Waals surface area contributed by atoms with Crippen molar-refractivity contribution in [3.8, 4) is 28.5 Å². The van der Waals surface area contributed by atoms with E-state index in [1.165, 1.54) is 31.1 Å². The Labute approximate surface area is 255 Å². The first-order valence-electron chi connectivity index (χ1n) is 15.4. The standard InChI is InChI=1S/C33H39F3N6O2/c1-4-44-31-25(33(34,35)36)17-23(19-37-31)26-18-27(41(2)20-32(21-43-3)13-8-14-32)28-30(38-26)40-29(39-28)22-9-11-24(12-10-22)42-15-6-5-7-16-42/h9-12,17-19H,4-8,13-16,20-21H2,1-3H3,(H,38,39,40). The van der Waals surface area contributed by atoms with Gasteiger partial charge in [0.05, 0.1) is 24.6 Å². The number of fused-ring (bicyclic) bond motifs is 1. The van der Waals surface area contributed by atoms with Crippen molar-refractivity contribution in [1.82, 2.24) is 19.9 Å². The van der Waals surface area contributed by atoms with Crippen molar-refractivity contribution in [2.75, 3.05) is 56.8 Å². The van der Waals surface area contributed by atoms with E-state index in [9.17, 15) is 13.2 Å². The largest absolute Gasteiger partial charge is 0.478 e. The molecule has 0 amide bonds. The summed E-state index contributed by atoms with van der Waals surface area (Å²) in [5.41, 5.74) is 3.75. The van der Waals surface area contributed by atoms with Gasteiger partial charge in [0.1, 0.15) is 16.9 Å². The lowest BCUT2D eigenvalue weighted by molar-refractivity contribution is -0.139. The van der Waals surface area contributed by atoms with Crippen LogP contribution in [0.1, 0.15) is 51.0 Å². The molecule has 1 N–H and O–H groups in total. The number of hydrogen-bond acceptors (Lipinski definition) is 7. The number of imidazole rings is 1. The highest BCUT2D eigenvalue weighted by molar-refractivity contribution is 5.91. The third-order valence-corrected chi connectivity index (χ3v) is 8.88. The van der Waals surface area contributed by atoms with Crippen molar-refractivity contribution in [3.05, 3.63) is 48.2 Å². The molecule has 4 aromatic rings. The van der Waals surface area contributed by atoms with Crippen molar-refractivity contribution >= 4 is 22.5 Å². The quantitative estimate of drug-likeness (QED) is 0.202. The van der Waals surface area contributed by atoms with Gasteiger partial charge in [-0.1, -0.05) is 6.42 Å². The van der Waals surface area contributed by atoms with Gasteiger partial charge in [0, 0.05) is 62.2 Å². The van der Waals surface area contributed by atoms with E-state index in [2.05, 4.69) is 44.0 Å². The van der Waals surface area contributed by atoms with Crippen LogP contribution in [0.5, 0.6) is 5.88 Å². The number of aromatic amines is 1. The number of nitrogens with one attached hydrogen (secondary N) is 1. The van der Waals surface area contributed by atoms with Crippen molar-refractivity contribution < 1.29 is 22.6 Å². The summed E-state index contributed by atoms with van der Waals surface area (Å²) in [6, 6.07) is 11.2. The highest BCUT2D eigenvalue weighted by atomic mass is 19.4. The van der Waals surface area contributed by atoms with Crippen LogP contribution < -0.4 is 14.5 Å². The Morgan fingerprint density at radius 3 is 2.39 bits per heavy atom. The summed E-state index contributed by atoms with van der Waals surface area (Å²) in [6.45, 7) is 5.21. The second-order valence-electron chi connectivity index (χ2n) is 12.1. The van der Waals surface area contributed by atoms with Crippen LogP contribution in [-0.2, 0) is 10.9 Å². The molecular weight excluding hydrogens is 569 g/mol. The van der Waals surface area contributed by atoms with Crippen molar-refractivity contribution in [3.63, 3.8) is 0 Å². The molecule has 1 saturated heterocycles. The molecule has 234 valence electrons. The number of benzene rings is 1. The maximum absolute atomic E-state index is 14.0. The Kier molecular flexibility index (Phi) is 8.41. The Balaban J connectivity index is 1.42. The smallest absolute Gasteiger partial charge is 0.421 e. The lowest BCUT2D eigenvalue weighted by atomic mass is 9.69. The second-order valence-corrected chi connectivity index (χ2v) is 12.1. The molecule has 1 aliphatic carbocycles. The SMILES string of the molecule is CCOc1ncc(-c2cc(N(C)CC3(COC)CCC3)c3[nH]c(-c4ccc(N5CCCCC5)cc4)nc3n2)cc1C(F)(F)F. The van der Waals surface area contributed by atoms with Gasteiger partial charge in [-0.3, -0.25) is 0 Å². The summed E-state index contributed by atoms with van der Waals surface area (Å²) in [5, 5.41) is 0. The molecule has 11 heteroatoms. The fraction of sp³-hybridized carbons (Fsp3) is 0.485. The average Bonchev–Trinajstić information content (AvgIpc) is 3.44. The molecule has 2 fully saturated rings. The number of halogens is 3. The van der Waals surface area contributed by atoms with Crippen LogP contribution >= 0.6 is 0 Å². The maximum Gasteiger partial charge on any atom is 0.421 e. The zero-order chi connectivity index (χ0) is 30.9. The molecule has 0 unspecified atom stereocenters. The number of anilines is 2. The van der Waals surface area contributed by atoms with Crippen LogP contribution in [0.3, 0.4) is 0 Å². The van der Waals surface area contributed by atoms with Crippen molar-refractivity contribution in [2.45, 2.75) is 51.6 Å². The lowest BCUT2D eigenvalue weighted by Gasteiger charge is -2.44. The van der Waals surface area contributed by atoms with Gasteiger partial charge in [-0.25, -0.2) is 15.0 Å². The number of rotatable bonds is 10. The number of alkyl halides is 3. The second kappa shape index (κ2) is 12.3. The van der Waals surface area contributed by atoms with Gasteiger partial charge in [0.25, 0.3) is 0 Å². The Morgan fingerprint density at radius 2 is 1.75 bits per heavy atom. The first-order valence-corrected chi connectivity index (χ1v) is 15.4. The van der Waals surface area contributed by atoms with Gasteiger partial charge in [-0.15, -0.1) is 0 Å².